The van der Waals surface area contributed by atoms with Gasteiger partial charge in [-0.1, -0.05) is 26.7 Å². The van der Waals surface area contributed by atoms with E-state index in [2.05, 4.69) is 12.2 Å². The van der Waals surface area contributed by atoms with Gasteiger partial charge in [0.15, 0.2) is 0 Å². The second-order valence-electron chi connectivity index (χ2n) is 3.66. The van der Waals surface area contributed by atoms with Crippen molar-refractivity contribution in [1.82, 2.24) is 5.32 Å². The van der Waals surface area contributed by atoms with E-state index in [4.69, 9.17) is 0 Å². The van der Waals surface area contributed by atoms with Crippen molar-refractivity contribution in [2.24, 2.45) is 0 Å². The molecule has 0 radical (unpaired) electrons. The van der Waals surface area contributed by atoms with Gasteiger partial charge in [0, 0.05) is 0 Å². The fourth-order valence-electron chi connectivity index (χ4n) is 1.29. The first-order valence-corrected chi connectivity index (χ1v) is 5.70. The second-order valence-corrected chi connectivity index (χ2v) is 3.66. The van der Waals surface area contributed by atoms with Gasteiger partial charge in [-0.2, -0.15) is 0 Å². The van der Waals surface area contributed by atoms with E-state index < -0.39 is 0 Å². The Hall–Kier alpha value is -0.0800. The fraction of sp³-hybridized carbons (Fsp3) is 1.00. The first-order chi connectivity index (χ1) is 6.31. The molecule has 0 aromatic rings. The number of hydrogen-bond acceptors (Lipinski definition) is 2. The highest BCUT2D eigenvalue weighted by Crippen LogP contribution is 1.99. The van der Waals surface area contributed by atoms with Gasteiger partial charge in [0.1, 0.15) is 0 Å². The first-order valence-electron chi connectivity index (χ1n) is 5.70. The lowest BCUT2D eigenvalue weighted by atomic mass is 10.1. The van der Waals surface area contributed by atoms with Crippen molar-refractivity contribution < 1.29 is 5.11 Å². The molecule has 0 rings (SSSR count). The predicted octanol–water partition coefficient (Wildman–Crippen LogP) is 2.32. The number of rotatable bonds is 9. The molecule has 0 aromatic carbocycles. The molecule has 0 heterocycles. The third-order valence-electron chi connectivity index (χ3n) is 2.32. The molecule has 0 aliphatic rings. The van der Waals surface area contributed by atoms with Crippen LogP contribution >= 0.6 is 0 Å². The van der Waals surface area contributed by atoms with Crippen LogP contribution in [-0.2, 0) is 0 Å². The van der Waals surface area contributed by atoms with Crippen molar-refractivity contribution in [2.45, 2.75) is 58.5 Å². The van der Waals surface area contributed by atoms with Crippen molar-refractivity contribution in [3.8, 4) is 0 Å². The first kappa shape index (κ1) is 12.9. The number of nitrogens with one attached hydrogen (secondary N) is 1. The van der Waals surface area contributed by atoms with Crippen LogP contribution in [0.4, 0.5) is 0 Å². The Morgan fingerprint density at radius 3 is 2.38 bits per heavy atom. The van der Waals surface area contributed by atoms with Crippen LogP contribution in [0.25, 0.3) is 0 Å². The second kappa shape index (κ2) is 10.0. The average molecular weight is 187 g/mol. The topological polar surface area (TPSA) is 32.3 Å². The summed E-state index contributed by atoms with van der Waals surface area (Å²) in [7, 11) is 0. The summed E-state index contributed by atoms with van der Waals surface area (Å²) in [6.07, 6.45) is 6.74. The number of hydrogen-bond donors (Lipinski definition) is 2. The molecule has 2 N–H and O–H groups in total. The predicted molar refractivity (Wildman–Crippen MR) is 57.9 cm³/mol. The minimum absolute atomic E-state index is 0.0857. The van der Waals surface area contributed by atoms with E-state index >= 15 is 0 Å². The maximum atomic E-state index is 9.27. The van der Waals surface area contributed by atoms with Crippen LogP contribution in [0.2, 0.25) is 0 Å². The lowest BCUT2D eigenvalue weighted by Crippen LogP contribution is -2.18. The van der Waals surface area contributed by atoms with Crippen molar-refractivity contribution in [2.75, 3.05) is 13.1 Å². The van der Waals surface area contributed by atoms with Crippen LogP contribution in [-0.4, -0.2) is 24.3 Å². The molecular weight excluding hydrogens is 162 g/mol. The van der Waals surface area contributed by atoms with Gasteiger partial charge < -0.3 is 10.4 Å². The Balaban J connectivity index is 2.91. The van der Waals surface area contributed by atoms with E-state index in [0.29, 0.717) is 0 Å². The van der Waals surface area contributed by atoms with Gasteiger partial charge in [-0.3, -0.25) is 0 Å². The van der Waals surface area contributed by atoms with Crippen molar-refractivity contribution in [3.05, 3.63) is 0 Å². The van der Waals surface area contributed by atoms with Crippen LogP contribution in [0.3, 0.4) is 0 Å². The van der Waals surface area contributed by atoms with Crippen molar-refractivity contribution in [1.29, 1.82) is 0 Å². The van der Waals surface area contributed by atoms with Crippen molar-refractivity contribution >= 4 is 0 Å². The lowest BCUT2D eigenvalue weighted by Gasteiger charge is -2.07. The molecule has 2 heteroatoms. The standard InChI is InChI=1S/C11H25NO/c1-3-5-6-9-12-10-7-8-11(13)4-2/h11-13H,3-10H2,1-2H3. The van der Waals surface area contributed by atoms with Crippen LogP contribution in [0.1, 0.15) is 52.4 Å². The molecule has 0 aromatic heterocycles. The number of aliphatic hydroxyl groups excluding tert-OH is 1. The van der Waals surface area contributed by atoms with E-state index in [1.165, 1.54) is 19.3 Å². The molecule has 0 aliphatic carbocycles. The Morgan fingerprint density at radius 2 is 1.77 bits per heavy atom. The Kier molecular flexibility index (Phi) is 9.94. The van der Waals surface area contributed by atoms with E-state index in [0.717, 1.165) is 32.4 Å². The Bertz CT molecular complexity index is 96.1. The zero-order valence-electron chi connectivity index (χ0n) is 9.18. The quantitative estimate of drug-likeness (QED) is 0.543. The summed E-state index contributed by atoms with van der Waals surface area (Å²) in [6.45, 7) is 6.44. The summed E-state index contributed by atoms with van der Waals surface area (Å²) in [5.41, 5.74) is 0. The summed E-state index contributed by atoms with van der Waals surface area (Å²) in [4.78, 5) is 0. The normalized spacial score (nSPS) is 13.2. The maximum absolute atomic E-state index is 9.27. The highest BCUT2D eigenvalue weighted by Gasteiger charge is 1.98. The zero-order chi connectivity index (χ0) is 9.94. The van der Waals surface area contributed by atoms with Crippen LogP contribution < -0.4 is 5.32 Å². The fourth-order valence-corrected chi connectivity index (χ4v) is 1.29. The van der Waals surface area contributed by atoms with E-state index in [1.807, 2.05) is 6.92 Å². The molecular formula is C11H25NO. The van der Waals surface area contributed by atoms with Crippen LogP contribution in [0.5, 0.6) is 0 Å². The minimum Gasteiger partial charge on any atom is -0.393 e. The van der Waals surface area contributed by atoms with Crippen molar-refractivity contribution in [3.63, 3.8) is 0 Å². The summed E-state index contributed by atoms with van der Waals surface area (Å²) in [6, 6.07) is 0. The zero-order valence-corrected chi connectivity index (χ0v) is 9.18. The maximum Gasteiger partial charge on any atom is 0.0538 e. The van der Waals surface area contributed by atoms with Gasteiger partial charge in [-0.15, -0.1) is 0 Å². The van der Waals surface area contributed by atoms with Crippen LogP contribution in [0.15, 0.2) is 0 Å². The third kappa shape index (κ3) is 9.84. The third-order valence-corrected chi connectivity index (χ3v) is 2.32. The Labute approximate surface area is 82.7 Å². The van der Waals surface area contributed by atoms with Gasteiger partial charge in [0.2, 0.25) is 0 Å². The smallest absolute Gasteiger partial charge is 0.0538 e. The summed E-state index contributed by atoms with van der Waals surface area (Å²) >= 11 is 0. The molecule has 1 unspecified atom stereocenters. The molecule has 0 amide bonds. The van der Waals surface area contributed by atoms with Gasteiger partial charge >= 0.3 is 0 Å². The molecule has 0 spiro atoms. The van der Waals surface area contributed by atoms with Crippen LogP contribution in [0, 0.1) is 0 Å². The highest BCUT2D eigenvalue weighted by molar-refractivity contribution is 4.55. The highest BCUT2D eigenvalue weighted by atomic mass is 16.3. The summed E-state index contributed by atoms with van der Waals surface area (Å²) in [5.74, 6) is 0. The van der Waals surface area contributed by atoms with Gasteiger partial charge in [-0.25, -0.2) is 0 Å². The molecule has 0 aliphatic heterocycles. The summed E-state index contributed by atoms with van der Waals surface area (Å²) < 4.78 is 0. The van der Waals surface area contributed by atoms with Gasteiger partial charge in [0.25, 0.3) is 0 Å². The molecule has 13 heavy (non-hydrogen) atoms. The van der Waals surface area contributed by atoms with Gasteiger partial charge in [-0.05, 0) is 38.8 Å². The largest absolute Gasteiger partial charge is 0.393 e. The minimum atomic E-state index is -0.0857. The molecule has 80 valence electrons. The molecule has 1 atom stereocenters. The monoisotopic (exact) mass is 187 g/mol. The van der Waals surface area contributed by atoms with E-state index in [1.54, 1.807) is 0 Å². The molecule has 0 bridgehead atoms. The average Bonchev–Trinajstić information content (AvgIpc) is 2.16. The lowest BCUT2D eigenvalue weighted by molar-refractivity contribution is 0.157. The molecule has 0 saturated carbocycles. The molecule has 0 fully saturated rings. The SMILES string of the molecule is CCCCCNCCCC(O)CC. The van der Waals surface area contributed by atoms with Gasteiger partial charge in [0.05, 0.1) is 6.10 Å². The molecule has 2 nitrogen and oxygen atoms in total. The van der Waals surface area contributed by atoms with E-state index in [9.17, 15) is 5.11 Å². The van der Waals surface area contributed by atoms with E-state index in [-0.39, 0.29) is 6.10 Å². The Morgan fingerprint density at radius 1 is 1.08 bits per heavy atom. The number of unbranched alkanes of at least 4 members (excludes halogenated alkanes) is 2. The summed E-state index contributed by atoms with van der Waals surface area (Å²) in [5, 5.41) is 12.7. The molecule has 0 saturated heterocycles. The number of aliphatic hydroxyl groups is 1.